The minimum absolute atomic E-state index is 0. The van der Waals surface area contributed by atoms with Crippen molar-refractivity contribution in [3.8, 4) is 0 Å². The van der Waals surface area contributed by atoms with Crippen LogP contribution >= 0.6 is 0 Å². The molecule has 0 aromatic carbocycles. The van der Waals surface area contributed by atoms with E-state index in [0.717, 1.165) is 6.42 Å². The molecule has 0 fully saturated rings. The summed E-state index contributed by atoms with van der Waals surface area (Å²) in [6.45, 7) is -2.25. The summed E-state index contributed by atoms with van der Waals surface area (Å²) in [5, 5.41) is 0. The Hall–Kier alpha value is 0.701. The van der Waals surface area contributed by atoms with Crippen LogP contribution in [-0.2, 0) is 12.9 Å². The van der Waals surface area contributed by atoms with Gasteiger partial charge in [-0.1, -0.05) is 6.92 Å². The van der Waals surface area contributed by atoms with Gasteiger partial charge < -0.3 is 17.5 Å². The molecule has 0 bridgehead atoms. The molecule has 0 aliphatic carbocycles. The molecule has 0 aliphatic rings. The number of aryl methyl sites for hydroxylation is 1. The van der Waals surface area contributed by atoms with E-state index in [1.54, 1.807) is 10.8 Å². The molecule has 0 aliphatic heterocycles. The van der Waals surface area contributed by atoms with Crippen molar-refractivity contribution in [2.75, 3.05) is 0 Å². The Morgan fingerprint density at radius 3 is 2.57 bits per heavy atom. The fourth-order valence-electron chi connectivity index (χ4n) is 1.18. The van der Waals surface area contributed by atoms with Crippen molar-refractivity contribution in [3.05, 3.63) is 18.2 Å². The van der Waals surface area contributed by atoms with E-state index in [-0.39, 0.29) is 57.2 Å². The molecule has 0 saturated carbocycles. The third-order valence-corrected chi connectivity index (χ3v) is 1.68. The van der Waals surface area contributed by atoms with E-state index in [1.165, 1.54) is 6.20 Å². The van der Waals surface area contributed by atoms with Gasteiger partial charge in [-0.3, -0.25) is 0 Å². The summed E-state index contributed by atoms with van der Waals surface area (Å²) in [5.41, 5.74) is 0. The van der Waals surface area contributed by atoms with Crippen LogP contribution in [0.5, 0.6) is 0 Å². The zero-order chi connectivity index (χ0) is 9.90. The zero-order valence-corrected chi connectivity index (χ0v) is 11.5. The summed E-state index contributed by atoms with van der Waals surface area (Å²) in [4.78, 5) is 3.68. The van der Waals surface area contributed by atoms with Crippen LogP contribution in [0.3, 0.4) is 0 Å². The van der Waals surface area contributed by atoms with Crippen LogP contribution in [0.1, 0.15) is 19.2 Å². The Balaban J connectivity index is 0.00000169. The van der Waals surface area contributed by atoms with Crippen LogP contribution in [-0.4, -0.2) is 16.5 Å². The van der Waals surface area contributed by atoms with E-state index in [4.69, 9.17) is 0 Å². The van der Waals surface area contributed by atoms with Gasteiger partial charge in [-0.15, -0.1) is 0 Å². The Bertz CT molecular complexity index is 274. The molecule has 1 rings (SSSR count). The average molecular weight is 230 g/mol. The number of hydrogen-bond donors (Lipinski definition) is 0. The normalized spacial score (nSPS) is 11.1. The van der Waals surface area contributed by atoms with Gasteiger partial charge in [0.15, 0.2) is 0 Å². The summed E-state index contributed by atoms with van der Waals surface area (Å²) in [7, 11) is 0. The SMILES string of the molecule is CCCn1ccnc1C[B-](F)(F)F.[K+]. The predicted octanol–water partition coefficient (Wildman–Crippen LogP) is -0.774. The van der Waals surface area contributed by atoms with E-state index in [1.807, 2.05) is 6.92 Å². The molecule has 0 unspecified atom stereocenters. The summed E-state index contributed by atoms with van der Waals surface area (Å²) < 4.78 is 37.7. The van der Waals surface area contributed by atoms with Crippen molar-refractivity contribution in [1.82, 2.24) is 9.55 Å². The maximum absolute atomic E-state index is 12.0. The van der Waals surface area contributed by atoms with Gasteiger partial charge >= 0.3 is 58.4 Å². The van der Waals surface area contributed by atoms with Crippen molar-refractivity contribution in [2.24, 2.45) is 0 Å². The van der Waals surface area contributed by atoms with Crippen LogP contribution in [0.2, 0.25) is 0 Å². The topological polar surface area (TPSA) is 17.8 Å². The third kappa shape index (κ3) is 4.97. The summed E-state index contributed by atoms with van der Waals surface area (Å²) in [6, 6.07) is 0. The van der Waals surface area contributed by atoms with E-state index >= 15 is 0 Å². The second kappa shape index (κ2) is 6.32. The molecule has 1 heterocycles. The first-order chi connectivity index (χ1) is 6.03. The fraction of sp³-hybridized carbons (Fsp3) is 0.571. The summed E-state index contributed by atoms with van der Waals surface area (Å²) >= 11 is 0. The monoisotopic (exact) mass is 230 g/mol. The fourth-order valence-corrected chi connectivity index (χ4v) is 1.18. The molecule has 7 heteroatoms. The van der Waals surface area contributed by atoms with Crippen molar-refractivity contribution in [2.45, 2.75) is 26.2 Å². The van der Waals surface area contributed by atoms with Crippen molar-refractivity contribution in [1.29, 1.82) is 0 Å². The largest absolute Gasteiger partial charge is 1.00 e. The van der Waals surface area contributed by atoms with Gasteiger partial charge in [0, 0.05) is 18.9 Å². The average Bonchev–Trinajstić information content (AvgIpc) is 2.34. The van der Waals surface area contributed by atoms with E-state index in [2.05, 4.69) is 4.98 Å². The molecule has 1 aromatic rings. The van der Waals surface area contributed by atoms with Crippen LogP contribution < -0.4 is 51.4 Å². The Morgan fingerprint density at radius 1 is 1.43 bits per heavy atom. The molecule has 0 amide bonds. The molecular weight excluding hydrogens is 219 g/mol. The molecular formula is C7H11BF3KN2. The number of halogens is 3. The second-order valence-corrected chi connectivity index (χ2v) is 2.95. The zero-order valence-electron chi connectivity index (χ0n) is 8.38. The molecule has 0 atom stereocenters. The van der Waals surface area contributed by atoms with Crippen molar-refractivity contribution in [3.63, 3.8) is 0 Å². The maximum atomic E-state index is 12.0. The molecule has 2 nitrogen and oxygen atoms in total. The minimum atomic E-state index is -4.77. The van der Waals surface area contributed by atoms with Gasteiger partial charge in [-0.25, -0.2) is 4.98 Å². The van der Waals surface area contributed by atoms with Crippen LogP contribution in [0, 0.1) is 0 Å². The number of hydrogen-bond acceptors (Lipinski definition) is 1. The van der Waals surface area contributed by atoms with E-state index in [0.29, 0.717) is 6.54 Å². The Labute approximate surface area is 124 Å². The van der Waals surface area contributed by atoms with Crippen LogP contribution in [0.4, 0.5) is 12.9 Å². The van der Waals surface area contributed by atoms with Gasteiger partial charge in [-0.2, -0.15) is 0 Å². The third-order valence-electron chi connectivity index (χ3n) is 1.68. The number of imidazole rings is 1. The van der Waals surface area contributed by atoms with Crippen LogP contribution in [0.15, 0.2) is 12.4 Å². The first kappa shape index (κ1) is 14.7. The second-order valence-electron chi connectivity index (χ2n) is 2.95. The molecule has 0 saturated heterocycles. The number of aromatic nitrogens is 2. The first-order valence-corrected chi connectivity index (χ1v) is 4.24. The van der Waals surface area contributed by atoms with Gasteiger partial charge in [0.05, 0.1) is 5.82 Å². The van der Waals surface area contributed by atoms with Gasteiger partial charge in [0.1, 0.15) is 0 Å². The standard InChI is InChI=1S/C7H11BF3N2.K/c1-2-4-13-5-3-12-7(13)6-8(9,10)11;/h3,5H,2,4,6H2,1H3;/q-1;+1. The van der Waals surface area contributed by atoms with E-state index in [9.17, 15) is 12.9 Å². The van der Waals surface area contributed by atoms with Gasteiger partial charge in [0.25, 0.3) is 0 Å². The molecule has 14 heavy (non-hydrogen) atoms. The van der Waals surface area contributed by atoms with Crippen LogP contribution in [0.25, 0.3) is 0 Å². The molecule has 1 aromatic heterocycles. The summed E-state index contributed by atoms with van der Waals surface area (Å²) in [6.07, 6.45) is 2.93. The number of rotatable bonds is 4. The van der Waals surface area contributed by atoms with Crippen molar-refractivity contribution >= 4 is 6.98 Å². The molecule has 0 N–H and O–H groups in total. The molecule has 0 spiro atoms. The first-order valence-electron chi connectivity index (χ1n) is 4.24. The smallest absolute Gasteiger partial charge is 0.449 e. The summed E-state index contributed by atoms with van der Waals surface area (Å²) in [5.74, 6) is 0.120. The van der Waals surface area contributed by atoms with Gasteiger partial charge in [0.2, 0.25) is 0 Å². The Kier molecular flexibility index (Phi) is 6.64. The minimum Gasteiger partial charge on any atom is -0.449 e. The Morgan fingerprint density at radius 2 is 2.07 bits per heavy atom. The number of nitrogens with zero attached hydrogens (tertiary/aromatic N) is 2. The van der Waals surface area contributed by atoms with E-state index < -0.39 is 13.3 Å². The molecule has 74 valence electrons. The predicted molar refractivity (Wildman–Crippen MR) is 45.3 cm³/mol. The van der Waals surface area contributed by atoms with Gasteiger partial charge in [-0.05, 0) is 12.7 Å². The maximum Gasteiger partial charge on any atom is 1.00 e. The van der Waals surface area contributed by atoms with Crippen molar-refractivity contribution < 1.29 is 64.3 Å². The molecule has 0 radical (unpaired) electrons. The quantitative estimate of drug-likeness (QED) is 0.621.